The van der Waals surface area contributed by atoms with Crippen molar-refractivity contribution < 1.29 is 81.7 Å². The molecule has 326 valence electrons. The summed E-state index contributed by atoms with van der Waals surface area (Å²) in [5.41, 5.74) is 2.70. The molecular weight excluding hydrogens is 782 g/mol. The number of imidazole rings is 1. The number of carbonyl (C=O) groups excluding carboxylic acids is 6. The number of nitrogens with one attached hydrogen (secondary N) is 1. The van der Waals surface area contributed by atoms with Gasteiger partial charge in [-0.1, -0.05) is 0 Å². The predicted molar refractivity (Wildman–Crippen MR) is 207 cm³/mol. The highest BCUT2D eigenvalue weighted by molar-refractivity contribution is 5.75. The average molecular weight is 836 g/mol. The highest BCUT2D eigenvalue weighted by atomic mass is 16.7. The van der Waals surface area contributed by atoms with E-state index in [0.717, 1.165) is 31.0 Å². The second kappa shape index (κ2) is 27.6. The maximum absolute atomic E-state index is 11.8. The van der Waals surface area contributed by atoms with Crippen LogP contribution in [0.2, 0.25) is 0 Å². The highest BCUT2D eigenvalue weighted by Gasteiger charge is 2.45. The number of aliphatic hydroxyl groups is 1. The van der Waals surface area contributed by atoms with Gasteiger partial charge in [0.05, 0.1) is 31.9 Å². The highest BCUT2D eigenvalue weighted by Crippen LogP contribution is 2.30. The van der Waals surface area contributed by atoms with E-state index in [-0.39, 0.29) is 43.6 Å². The molecule has 0 aliphatic carbocycles. The number of pyridine rings is 1. The molecule has 1 aromatic carbocycles. The summed E-state index contributed by atoms with van der Waals surface area (Å²) >= 11 is 0. The van der Waals surface area contributed by atoms with Crippen LogP contribution in [0.5, 0.6) is 5.75 Å². The van der Waals surface area contributed by atoms with E-state index < -0.39 is 42.8 Å². The monoisotopic (exact) mass is 835 g/mol. The van der Waals surface area contributed by atoms with E-state index in [9.17, 15) is 28.8 Å². The van der Waals surface area contributed by atoms with Gasteiger partial charge < -0.3 is 57.8 Å². The molecule has 2 aromatic heterocycles. The summed E-state index contributed by atoms with van der Waals surface area (Å²) in [5, 5.41) is 16.9. The number of benzene rings is 1. The first-order chi connectivity index (χ1) is 28.1. The van der Waals surface area contributed by atoms with Crippen molar-refractivity contribution in [3.63, 3.8) is 0 Å². The van der Waals surface area contributed by atoms with Gasteiger partial charge in [-0.05, 0) is 43.3 Å². The Kier molecular flexibility index (Phi) is 23.9. The van der Waals surface area contributed by atoms with Crippen molar-refractivity contribution in [3.05, 3.63) is 60.0 Å². The molecule has 3 aromatic rings. The molecule has 59 heavy (non-hydrogen) atoms. The summed E-state index contributed by atoms with van der Waals surface area (Å²) in [7, 11) is 4.20. The molecule has 2 saturated heterocycles. The van der Waals surface area contributed by atoms with Crippen LogP contribution < -0.4 is 10.1 Å². The van der Waals surface area contributed by atoms with Crippen LogP contribution in [0.3, 0.4) is 0 Å². The summed E-state index contributed by atoms with van der Waals surface area (Å²) < 4.78 is 45.9. The van der Waals surface area contributed by atoms with E-state index in [1.54, 1.807) is 30.5 Å². The van der Waals surface area contributed by atoms with Crippen molar-refractivity contribution in [1.82, 2.24) is 9.38 Å². The van der Waals surface area contributed by atoms with Crippen LogP contribution >= 0.6 is 0 Å². The SMILES string of the molecule is CC(=O)OC1CC(C)OC(OCC2OC(Oc3ccc(C=O)cc3)CC(OC(C)=O)C2OC(C)=O)C1.CNc1ccc2nc(C=O)cn2c1.CO.COC(C)=O.O=CO. The molecule has 7 unspecified atom stereocenters. The van der Waals surface area contributed by atoms with Gasteiger partial charge in [0.25, 0.3) is 6.47 Å². The van der Waals surface area contributed by atoms with Crippen molar-refractivity contribution in [3.8, 4) is 5.75 Å². The smallest absolute Gasteiger partial charge is 0.303 e. The quantitative estimate of drug-likeness (QED) is 0.142. The van der Waals surface area contributed by atoms with E-state index in [0.29, 0.717) is 29.8 Å². The van der Waals surface area contributed by atoms with Crippen molar-refractivity contribution in [1.29, 1.82) is 0 Å². The third-order valence-corrected chi connectivity index (χ3v) is 7.77. The van der Waals surface area contributed by atoms with Gasteiger partial charge in [-0.3, -0.25) is 33.6 Å². The number of carboxylic acid groups (broad SMARTS) is 1. The van der Waals surface area contributed by atoms with Gasteiger partial charge in [-0.15, -0.1) is 0 Å². The molecule has 4 heterocycles. The average Bonchev–Trinajstić information content (AvgIpc) is 3.62. The third-order valence-electron chi connectivity index (χ3n) is 7.77. The third kappa shape index (κ3) is 19.4. The number of fused-ring (bicyclic) bond motifs is 1. The second-order valence-corrected chi connectivity index (χ2v) is 12.3. The van der Waals surface area contributed by atoms with E-state index in [1.165, 1.54) is 34.8 Å². The molecule has 7 atom stereocenters. The number of aromatic nitrogens is 2. The first kappa shape index (κ1) is 51.1. The Morgan fingerprint density at radius 3 is 1.97 bits per heavy atom. The molecule has 20 nitrogen and oxygen atoms in total. The number of methoxy groups -OCH3 is 1. The number of hydrogen-bond acceptors (Lipinski definition) is 18. The van der Waals surface area contributed by atoms with Crippen molar-refractivity contribution >= 4 is 54.3 Å². The normalized spacial score (nSPS) is 21.5. The molecule has 0 spiro atoms. The minimum atomic E-state index is -0.950. The minimum absolute atomic E-state index is 0.0795. The Morgan fingerprint density at radius 2 is 1.44 bits per heavy atom. The van der Waals surface area contributed by atoms with Crippen LogP contribution in [0, 0.1) is 0 Å². The standard InChI is InChI=1S/C25H32O11.C9H9N3O.C3H6O2.CH2O2.CH4O/c1-14-9-20(32-15(2)27)10-23(31-14)30-13-22-25(34-17(4)29)21(33-16(3)28)11-24(36-22)35-19-7-5-18(12-26)6-8-19;1-10-7-2-3-9-11-8(6-13)5-12(9)4-7;1-3(4)5-2;2-1-3;1-2/h5-8,12,14,20-25H,9-11,13H2,1-4H3;2-6,10H,1H3;1-2H3;1H,(H,2,3);2H,1H3. The first-order valence-corrected chi connectivity index (χ1v) is 18.0. The Hall–Kier alpha value is -5.96. The number of nitrogens with zero attached hydrogens (tertiary/aromatic N) is 2. The van der Waals surface area contributed by atoms with Gasteiger partial charge in [0, 0.05) is 72.7 Å². The topological polar surface area (TPSA) is 263 Å². The summed E-state index contributed by atoms with van der Waals surface area (Å²) in [6.45, 7) is 6.73. The maximum Gasteiger partial charge on any atom is 0.303 e. The molecule has 20 heteroatoms. The van der Waals surface area contributed by atoms with Gasteiger partial charge >= 0.3 is 23.9 Å². The Balaban J connectivity index is 0.000000615. The van der Waals surface area contributed by atoms with Crippen molar-refractivity contribution in [2.24, 2.45) is 0 Å². The van der Waals surface area contributed by atoms with Gasteiger partial charge in [-0.25, -0.2) is 4.98 Å². The number of esters is 4. The lowest BCUT2D eigenvalue weighted by molar-refractivity contribution is -0.270. The Morgan fingerprint density at radius 1 is 0.831 bits per heavy atom. The van der Waals surface area contributed by atoms with Gasteiger partial charge in [0.1, 0.15) is 41.7 Å². The lowest BCUT2D eigenvalue weighted by Gasteiger charge is -2.41. The maximum atomic E-state index is 11.8. The number of aldehydes is 2. The van der Waals surface area contributed by atoms with Crippen LogP contribution in [0.4, 0.5) is 5.69 Å². The van der Waals surface area contributed by atoms with Gasteiger partial charge in [0.15, 0.2) is 18.7 Å². The van der Waals surface area contributed by atoms with E-state index in [1.807, 2.05) is 36.7 Å². The number of carbonyl (C=O) groups is 7. The van der Waals surface area contributed by atoms with Gasteiger partial charge in [-0.2, -0.15) is 0 Å². The van der Waals surface area contributed by atoms with E-state index in [4.69, 9.17) is 48.2 Å². The van der Waals surface area contributed by atoms with Crippen LogP contribution in [0.15, 0.2) is 48.8 Å². The molecular formula is C39H53N3O17. The lowest BCUT2D eigenvalue weighted by Crippen LogP contribution is -2.55. The van der Waals surface area contributed by atoms with Crippen LogP contribution in [-0.2, 0) is 57.1 Å². The zero-order chi connectivity index (χ0) is 44.5. The van der Waals surface area contributed by atoms with E-state index >= 15 is 0 Å². The molecule has 0 amide bonds. The second-order valence-electron chi connectivity index (χ2n) is 12.3. The first-order valence-electron chi connectivity index (χ1n) is 18.0. The summed E-state index contributed by atoms with van der Waals surface area (Å²) in [5.74, 6) is -1.33. The number of rotatable bonds is 11. The number of aliphatic hydroxyl groups excluding tert-OH is 1. The fourth-order valence-electron chi connectivity index (χ4n) is 5.46. The van der Waals surface area contributed by atoms with Crippen molar-refractivity contribution in [2.45, 2.75) is 97.0 Å². The van der Waals surface area contributed by atoms with Crippen LogP contribution in [-0.4, -0.2) is 133 Å². The molecule has 0 saturated carbocycles. The summed E-state index contributed by atoms with van der Waals surface area (Å²) in [6, 6.07) is 10.2. The molecule has 0 radical (unpaired) electrons. The molecule has 3 N–H and O–H groups in total. The largest absolute Gasteiger partial charge is 0.483 e. The number of anilines is 1. The minimum Gasteiger partial charge on any atom is -0.483 e. The molecule has 2 fully saturated rings. The van der Waals surface area contributed by atoms with Crippen LogP contribution in [0.1, 0.15) is 74.7 Å². The summed E-state index contributed by atoms with van der Waals surface area (Å²) in [4.78, 5) is 78.4. The predicted octanol–water partition coefficient (Wildman–Crippen LogP) is 3.01. The van der Waals surface area contributed by atoms with E-state index in [2.05, 4.69) is 15.0 Å². The summed E-state index contributed by atoms with van der Waals surface area (Å²) in [6.07, 6.45) is 1.22. The lowest BCUT2D eigenvalue weighted by atomic mass is 10.0. The fourth-order valence-corrected chi connectivity index (χ4v) is 5.46. The Bertz CT molecular complexity index is 1770. The van der Waals surface area contributed by atoms with Crippen LogP contribution in [0.25, 0.3) is 5.65 Å². The van der Waals surface area contributed by atoms with Gasteiger partial charge in [0.2, 0.25) is 6.29 Å². The number of hydrogen-bond donors (Lipinski definition) is 3. The zero-order valence-electron chi connectivity index (χ0n) is 34.1. The molecule has 2 aliphatic heterocycles. The molecule has 0 bridgehead atoms. The Labute approximate surface area is 341 Å². The number of ether oxygens (including phenoxy) is 8. The molecule has 5 rings (SSSR count). The zero-order valence-corrected chi connectivity index (χ0v) is 34.1. The fraction of sp³-hybridized carbons (Fsp3) is 0.487. The molecule has 2 aliphatic rings. The van der Waals surface area contributed by atoms with Crippen molar-refractivity contribution in [2.75, 3.05) is 33.2 Å².